The lowest BCUT2D eigenvalue weighted by molar-refractivity contribution is -0.0125. The predicted octanol–water partition coefficient (Wildman–Crippen LogP) is 2.92. The average Bonchev–Trinajstić information content (AvgIpc) is 2.86. The first-order valence-electron chi connectivity index (χ1n) is 6.72. The van der Waals surface area contributed by atoms with Crippen LogP contribution >= 0.6 is 0 Å². The fourth-order valence-corrected chi connectivity index (χ4v) is 3.12. The van der Waals surface area contributed by atoms with E-state index in [0.29, 0.717) is 16.9 Å². The number of morpholine rings is 1. The topological polar surface area (TPSA) is 12.5 Å². The van der Waals surface area contributed by atoms with Gasteiger partial charge >= 0.3 is 0 Å². The molecular formula is C14H27NO. The highest BCUT2D eigenvalue weighted by Gasteiger charge is 2.46. The van der Waals surface area contributed by atoms with Crippen molar-refractivity contribution in [1.29, 1.82) is 0 Å². The average molecular weight is 225 g/mol. The Hall–Kier alpha value is -0.0800. The van der Waals surface area contributed by atoms with Crippen molar-refractivity contribution in [2.24, 2.45) is 10.8 Å². The monoisotopic (exact) mass is 225 g/mol. The highest BCUT2D eigenvalue weighted by molar-refractivity contribution is 4.98. The van der Waals surface area contributed by atoms with Crippen molar-refractivity contribution in [3.05, 3.63) is 0 Å². The zero-order chi connectivity index (χ0) is 11.8. The summed E-state index contributed by atoms with van der Waals surface area (Å²) >= 11 is 0. The minimum absolute atomic E-state index is 0.478. The lowest BCUT2D eigenvalue weighted by atomic mass is 9.82. The van der Waals surface area contributed by atoms with Gasteiger partial charge in [0.2, 0.25) is 0 Å². The van der Waals surface area contributed by atoms with Crippen LogP contribution in [0.4, 0.5) is 0 Å². The van der Waals surface area contributed by atoms with Crippen LogP contribution < -0.4 is 0 Å². The molecule has 1 saturated heterocycles. The summed E-state index contributed by atoms with van der Waals surface area (Å²) in [7, 11) is 0. The Morgan fingerprint density at radius 2 is 2.00 bits per heavy atom. The van der Waals surface area contributed by atoms with Gasteiger partial charge in [-0.2, -0.15) is 0 Å². The molecule has 2 aliphatic rings. The van der Waals surface area contributed by atoms with Gasteiger partial charge in [0.25, 0.3) is 0 Å². The third-order valence-corrected chi connectivity index (χ3v) is 3.91. The van der Waals surface area contributed by atoms with E-state index >= 15 is 0 Å². The van der Waals surface area contributed by atoms with Gasteiger partial charge in [-0.1, -0.05) is 20.8 Å². The van der Waals surface area contributed by atoms with Gasteiger partial charge in [-0.3, -0.25) is 4.90 Å². The Bertz CT molecular complexity index is 240. The maximum absolute atomic E-state index is 5.51. The standard InChI is InChI=1S/C14H27NO/c1-12-9-16-8-7-15(12)11-14(5-6-14)10-13(2,3)4/h12H,5-11H2,1-4H3/t12-/m1/s1. The fourth-order valence-electron chi connectivity index (χ4n) is 3.12. The second-order valence-corrected chi connectivity index (χ2v) is 7.13. The number of hydrogen-bond donors (Lipinski definition) is 0. The van der Waals surface area contributed by atoms with Crippen LogP contribution in [-0.4, -0.2) is 37.2 Å². The molecule has 1 aliphatic heterocycles. The second-order valence-electron chi connectivity index (χ2n) is 7.13. The van der Waals surface area contributed by atoms with E-state index in [-0.39, 0.29) is 0 Å². The van der Waals surface area contributed by atoms with Gasteiger partial charge < -0.3 is 4.74 Å². The molecule has 94 valence electrons. The maximum atomic E-state index is 5.51. The van der Waals surface area contributed by atoms with E-state index in [9.17, 15) is 0 Å². The summed E-state index contributed by atoms with van der Waals surface area (Å²) in [4.78, 5) is 2.64. The first kappa shape index (κ1) is 12.4. The van der Waals surface area contributed by atoms with E-state index in [1.807, 2.05) is 0 Å². The van der Waals surface area contributed by atoms with E-state index in [0.717, 1.165) is 19.8 Å². The number of hydrogen-bond acceptors (Lipinski definition) is 2. The van der Waals surface area contributed by atoms with Crippen LogP contribution in [0.1, 0.15) is 47.0 Å². The first-order valence-corrected chi connectivity index (χ1v) is 6.72. The molecule has 16 heavy (non-hydrogen) atoms. The number of rotatable bonds is 3. The summed E-state index contributed by atoms with van der Waals surface area (Å²) < 4.78 is 5.51. The molecule has 0 aromatic rings. The minimum atomic E-state index is 0.478. The Labute approximate surface area is 100 Å². The molecule has 0 aromatic heterocycles. The smallest absolute Gasteiger partial charge is 0.0619 e. The van der Waals surface area contributed by atoms with Crippen LogP contribution in [0, 0.1) is 10.8 Å². The molecule has 1 aliphatic carbocycles. The van der Waals surface area contributed by atoms with Crippen LogP contribution in [0.5, 0.6) is 0 Å². The summed E-state index contributed by atoms with van der Waals surface area (Å²) in [6.45, 7) is 13.7. The van der Waals surface area contributed by atoms with Crippen molar-refractivity contribution in [2.75, 3.05) is 26.3 Å². The zero-order valence-electron chi connectivity index (χ0n) is 11.4. The van der Waals surface area contributed by atoms with Crippen molar-refractivity contribution in [1.82, 2.24) is 4.90 Å². The van der Waals surface area contributed by atoms with Gasteiger partial charge in [-0.05, 0) is 37.0 Å². The molecule has 2 fully saturated rings. The molecule has 1 saturated carbocycles. The van der Waals surface area contributed by atoms with E-state index in [4.69, 9.17) is 4.74 Å². The van der Waals surface area contributed by atoms with Crippen molar-refractivity contribution in [2.45, 2.75) is 53.0 Å². The number of ether oxygens (including phenoxy) is 1. The first-order chi connectivity index (χ1) is 7.40. The van der Waals surface area contributed by atoms with Gasteiger partial charge in [-0.25, -0.2) is 0 Å². The van der Waals surface area contributed by atoms with Crippen LogP contribution in [0.15, 0.2) is 0 Å². The van der Waals surface area contributed by atoms with E-state index < -0.39 is 0 Å². The van der Waals surface area contributed by atoms with Crippen LogP contribution in [-0.2, 0) is 4.74 Å². The molecule has 2 heteroatoms. The predicted molar refractivity (Wildman–Crippen MR) is 67.6 cm³/mol. The minimum Gasteiger partial charge on any atom is -0.379 e. The van der Waals surface area contributed by atoms with E-state index in [1.54, 1.807) is 0 Å². The van der Waals surface area contributed by atoms with Crippen molar-refractivity contribution in [3.63, 3.8) is 0 Å². The molecule has 0 spiro atoms. The van der Waals surface area contributed by atoms with E-state index in [1.165, 1.54) is 25.8 Å². The summed E-state index contributed by atoms with van der Waals surface area (Å²) in [6.07, 6.45) is 4.26. The van der Waals surface area contributed by atoms with Gasteiger partial charge in [0.1, 0.15) is 0 Å². The molecule has 2 nitrogen and oxygen atoms in total. The highest BCUT2D eigenvalue weighted by Crippen LogP contribution is 2.53. The SMILES string of the molecule is C[C@@H]1COCCN1CC1(CC(C)(C)C)CC1. The molecule has 0 unspecified atom stereocenters. The number of nitrogens with zero attached hydrogens (tertiary/aromatic N) is 1. The third-order valence-electron chi connectivity index (χ3n) is 3.91. The summed E-state index contributed by atoms with van der Waals surface area (Å²) in [6, 6.07) is 0.617. The molecule has 0 N–H and O–H groups in total. The molecule has 0 radical (unpaired) electrons. The molecule has 0 bridgehead atoms. The van der Waals surface area contributed by atoms with Gasteiger partial charge in [0.15, 0.2) is 0 Å². The lowest BCUT2D eigenvalue weighted by Gasteiger charge is -2.37. The quantitative estimate of drug-likeness (QED) is 0.732. The summed E-state index contributed by atoms with van der Waals surface area (Å²) in [5, 5.41) is 0. The van der Waals surface area contributed by atoms with Gasteiger partial charge in [0.05, 0.1) is 13.2 Å². The Kier molecular flexibility index (Phi) is 3.33. The largest absolute Gasteiger partial charge is 0.379 e. The Morgan fingerprint density at radius 1 is 1.31 bits per heavy atom. The molecule has 0 amide bonds. The molecular weight excluding hydrogens is 198 g/mol. The molecule has 2 rings (SSSR count). The van der Waals surface area contributed by atoms with Crippen molar-refractivity contribution >= 4 is 0 Å². The van der Waals surface area contributed by atoms with E-state index in [2.05, 4.69) is 32.6 Å². The van der Waals surface area contributed by atoms with Gasteiger partial charge in [-0.15, -0.1) is 0 Å². The van der Waals surface area contributed by atoms with Crippen molar-refractivity contribution in [3.8, 4) is 0 Å². The molecule has 1 atom stereocenters. The lowest BCUT2D eigenvalue weighted by Crippen LogP contribution is -2.46. The molecule has 0 aromatic carbocycles. The zero-order valence-corrected chi connectivity index (χ0v) is 11.4. The van der Waals surface area contributed by atoms with Gasteiger partial charge in [0, 0.05) is 19.1 Å². The van der Waals surface area contributed by atoms with Crippen LogP contribution in [0.2, 0.25) is 0 Å². The third kappa shape index (κ3) is 3.21. The normalized spacial score (nSPS) is 30.4. The van der Waals surface area contributed by atoms with Crippen LogP contribution in [0.25, 0.3) is 0 Å². The Balaban J connectivity index is 1.88. The second kappa shape index (κ2) is 4.30. The Morgan fingerprint density at radius 3 is 2.50 bits per heavy atom. The maximum Gasteiger partial charge on any atom is 0.0619 e. The fraction of sp³-hybridized carbons (Fsp3) is 1.00. The molecule has 1 heterocycles. The van der Waals surface area contributed by atoms with Crippen molar-refractivity contribution < 1.29 is 4.74 Å². The van der Waals surface area contributed by atoms with Crippen LogP contribution in [0.3, 0.4) is 0 Å². The summed E-state index contributed by atoms with van der Waals surface area (Å²) in [5.41, 5.74) is 1.12. The summed E-state index contributed by atoms with van der Waals surface area (Å²) in [5.74, 6) is 0. The highest BCUT2D eigenvalue weighted by atomic mass is 16.5.